The molecule has 1 rings (SSSR count). The van der Waals surface area contributed by atoms with Gasteiger partial charge in [-0.25, -0.2) is 4.98 Å². The Labute approximate surface area is 133 Å². The normalized spacial score (nSPS) is 10.8. The highest BCUT2D eigenvalue weighted by Crippen LogP contribution is 2.22. The molecule has 0 atom stereocenters. The largest absolute Gasteiger partial charge is 0.468 e. The number of anilines is 1. The molecule has 0 aromatic carbocycles. The second-order valence-corrected chi connectivity index (χ2v) is 5.45. The van der Waals surface area contributed by atoms with Crippen molar-refractivity contribution in [2.75, 3.05) is 25.5 Å². The zero-order valence-electron chi connectivity index (χ0n) is 12.0. The van der Waals surface area contributed by atoms with Crippen LogP contribution in [-0.4, -0.2) is 48.0 Å². The van der Waals surface area contributed by atoms with Gasteiger partial charge in [0.2, 0.25) is 5.91 Å². The van der Waals surface area contributed by atoms with E-state index in [0.29, 0.717) is 5.02 Å². The topological polar surface area (TPSA) is 71.5 Å². The van der Waals surface area contributed by atoms with E-state index in [1.165, 1.54) is 19.4 Å². The number of pyridine rings is 1. The first-order valence-electron chi connectivity index (χ1n) is 6.25. The Kier molecular flexibility index (Phi) is 6.87. The third kappa shape index (κ3) is 5.87. The van der Waals surface area contributed by atoms with Crippen LogP contribution in [0.5, 0.6) is 0 Å². The number of halogens is 2. The van der Waals surface area contributed by atoms with E-state index in [2.05, 4.69) is 15.0 Å². The first-order chi connectivity index (χ1) is 9.83. The summed E-state index contributed by atoms with van der Waals surface area (Å²) >= 11 is 11.7. The molecule has 0 saturated carbocycles. The monoisotopic (exact) mass is 333 g/mol. The van der Waals surface area contributed by atoms with E-state index in [-0.39, 0.29) is 35.9 Å². The van der Waals surface area contributed by atoms with Crippen molar-refractivity contribution < 1.29 is 14.3 Å². The Morgan fingerprint density at radius 1 is 1.38 bits per heavy atom. The summed E-state index contributed by atoms with van der Waals surface area (Å²) in [5.41, 5.74) is 0. The Morgan fingerprint density at radius 3 is 2.57 bits per heavy atom. The van der Waals surface area contributed by atoms with Gasteiger partial charge >= 0.3 is 5.97 Å². The second-order valence-electron chi connectivity index (χ2n) is 4.61. The molecule has 1 aromatic rings. The Morgan fingerprint density at radius 2 is 2.05 bits per heavy atom. The molecule has 0 bridgehead atoms. The van der Waals surface area contributed by atoms with Crippen LogP contribution in [0.2, 0.25) is 10.0 Å². The van der Waals surface area contributed by atoms with E-state index in [0.717, 1.165) is 0 Å². The van der Waals surface area contributed by atoms with Crippen LogP contribution in [0.1, 0.15) is 13.8 Å². The van der Waals surface area contributed by atoms with Crippen LogP contribution >= 0.6 is 23.2 Å². The van der Waals surface area contributed by atoms with E-state index in [1.807, 2.05) is 13.8 Å². The maximum atomic E-state index is 12.0. The second kappa shape index (κ2) is 8.17. The lowest BCUT2D eigenvalue weighted by Crippen LogP contribution is -2.41. The van der Waals surface area contributed by atoms with Gasteiger partial charge in [0.25, 0.3) is 0 Å². The summed E-state index contributed by atoms with van der Waals surface area (Å²) in [5.74, 6) is -0.503. The molecule has 116 valence electrons. The van der Waals surface area contributed by atoms with Gasteiger partial charge in [0.05, 0.1) is 30.2 Å². The van der Waals surface area contributed by atoms with Crippen molar-refractivity contribution in [1.29, 1.82) is 0 Å². The van der Waals surface area contributed by atoms with Crippen LogP contribution in [-0.2, 0) is 14.3 Å². The van der Waals surface area contributed by atoms with Gasteiger partial charge in [0.15, 0.2) is 5.82 Å². The molecule has 1 amide bonds. The molecule has 1 aromatic heterocycles. The first-order valence-corrected chi connectivity index (χ1v) is 7.00. The number of esters is 1. The fourth-order valence-corrected chi connectivity index (χ4v) is 1.94. The van der Waals surface area contributed by atoms with Gasteiger partial charge in [-0.05, 0) is 19.9 Å². The van der Waals surface area contributed by atoms with Crippen LogP contribution in [0.4, 0.5) is 5.82 Å². The lowest BCUT2D eigenvalue weighted by Gasteiger charge is -2.24. The van der Waals surface area contributed by atoms with Crippen molar-refractivity contribution in [3.63, 3.8) is 0 Å². The molecule has 21 heavy (non-hydrogen) atoms. The number of nitrogens with zero attached hydrogens (tertiary/aromatic N) is 2. The standard InChI is InChI=1S/C13H17Cl2N3O3/c1-8(2)18(7-12(20)21-3)6-11(19)17-13-10(15)4-9(14)5-16-13/h4-5,8H,6-7H2,1-3H3,(H,16,17,19). The Balaban J connectivity index is 2.67. The van der Waals surface area contributed by atoms with Crippen LogP contribution in [0, 0.1) is 0 Å². The molecular formula is C13H17Cl2N3O3. The summed E-state index contributed by atoms with van der Waals surface area (Å²) in [4.78, 5) is 28.9. The van der Waals surface area contributed by atoms with Gasteiger partial charge in [-0.1, -0.05) is 23.2 Å². The quantitative estimate of drug-likeness (QED) is 0.808. The fourth-order valence-electron chi connectivity index (χ4n) is 1.51. The molecule has 1 heterocycles. The van der Waals surface area contributed by atoms with E-state index in [1.54, 1.807) is 4.90 Å². The third-order valence-electron chi connectivity index (χ3n) is 2.70. The van der Waals surface area contributed by atoms with Gasteiger partial charge < -0.3 is 10.1 Å². The van der Waals surface area contributed by atoms with E-state index in [4.69, 9.17) is 23.2 Å². The van der Waals surface area contributed by atoms with E-state index in [9.17, 15) is 9.59 Å². The lowest BCUT2D eigenvalue weighted by molar-refractivity contribution is -0.142. The summed E-state index contributed by atoms with van der Waals surface area (Å²) in [5, 5.41) is 3.21. The molecular weight excluding hydrogens is 317 g/mol. The van der Waals surface area contributed by atoms with Gasteiger partial charge in [0.1, 0.15) is 0 Å². The number of ether oxygens (including phenoxy) is 1. The lowest BCUT2D eigenvalue weighted by atomic mass is 10.3. The Hall–Kier alpha value is -1.37. The number of hydrogen-bond acceptors (Lipinski definition) is 5. The number of aromatic nitrogens is 1. The maximum Gasteiger partial charge on any atom is 0.319 e. The maximum absolute atomic E-state index is 12.0. The van der Waals surface area contributed by atoms with E-state index >= 15 is 0 Å². The summed E-state index contributed by atoms with van der Waals surface area (Å²) in [7, 11) is 1.30. The average molecular weight is 334 g/mol. The number of carbonyl (C=O) groups is 2. The zero-order valence-corrected chi connectivity index (χ0v) is 13.5. The molecule has 8 heteroatoms. The number of hydrogen-bond donors (Lipinski definition) is 1. The SMILES string of the molecule is COC(=O)CN(CC(=O)Nc1ncc(Cl)cc1Cl)C(C)C. The van der Waals surface area contributed by atoms with Gasteiger partial charge in [-0.15, -0.1) is 0 Å². The molecule has 0 fully saturated rings. The highest BCUT2D eigenvalue weighted by Gasteiger charge is 2.18. The molecule has 0 aliphatic carbocycles. The zero-order chi connectivity index (χ0) is 16.0. The predicted molar refractivity (Wildman–Crippen MR) is 81.6 cm³/mol. The summed E-state index contributed by atoms with van der Waals surface area (Å²) in [6.07, 6.45) is 1.39. The van der Waals surface area contributed by atoms with Gasteiger partial charge in [-0.2, -0.15) is 0 Å². The molecule has 0 saturated heterocycles. The molecule has 0 aliphatic heterocycles. The first kappa shape index (κ1) is 17.7. The number of nitrogens with one attached hydrogen (secondary N) is 1. The number of methoxy groups -OCH3 is 1. The number of rotatable bonds is 6. The van der Waals surface area contributed by atoms with E-state index < -0.39 is 5.97 Å². The van der Waals surface area contributed by atoms with Gasteiger partial charge in [0, 0.05) is 12.2 Å². The van der Waals surface area contributed by atoms with Crippen molar-refractivity contribution >= 4 is 40.9 Å². The number of carbonyl (C=O) groups excluding carboxylic acids is 2. The van der Waals surface area contributed by atoms with Crippen molar-refractivity contribution in [3.05, 3.63) is 22.3 Å². The van der Waals surface area contributed by atoms with Crippen molar-refractivity contribution in [3.8, 4) is 0 Å². The molecule has 0 unspecified atom stereocenters. The van der Waals surface area contributed by atoms with Crippen LogP contribution in [0.15, 0.2) is 12.3 Å². The summed E-state index contributed by atoms with van der Waals surface area (Å²) in [6.45, 7) is 3.81. The fraction of sp³-hybridized carbons (Fsp3) is 0.462. The predicted octanol–water partition coefficient (Wildman–Crippen LogP) is 2.21. The minimum absolute atomic E-state index is 0.00324. The van der Waals surface area contributed by atoms with Gasteiger partial charge in [-0.3, -0.25) is 14.5 Å². The number of amides is 1. The highest BCUT2D eigenvalue weighted by atomic mass is 35.5. The minimum atomic E-state index is -0.404. The average Bonchev–Trinajstić information content (AvgIpc) is 2.40. The highest BCUT2D eigenvalue weighted by molar-refractivity contribution is 6.36. The molecule has 1 N–H and O–H groups in total. The molecule has 0 aliphatic rings. The van der Waals surface area contributed by atoms with Crippen LogP contribution < -0.4 is 5.32 Å². The minimum Gasteiger partial charge on any atom is -0.468 e. The van der Waals surface area contributed by atoms with Crippen molar-refractivity contribution in [2.24, 2.45) is 0 Å². The smallest absolute Gasteiger partial charge is 0.319 e. The molecule has 0 radical (unpaired) electrons. The van der Waals surface area contributed by atoms with Crippen LogP contribution in [0.25, 0.3) is 0 Å². The van der Waals surface area contributed by atoms with Crippen molar-refractivity contribution in [1.82, 2.24) is 9.88 Å². The van der Waals surface area contributed by atoms with Crippen molar-refractivity contribution in [2.45, 2.75) is 19.9 Å². The third-order valence-corrected chi connectivity index (χ3v) is 3.20. The summed E-state index contributed by atoms with van der Waals surface area (Å²) < 4.78 is 4.60. The molecule has 0 spiro atoms. The Bertz CT molecular complexity index is 523. The summed E-state index contributed by atoms with van der Waals surface area (Å²) in [6, 6.07) is 1.49. The van der Waals surface area contributed by atoms with Crippen LogP contribution in [0.3, 0.4) is 0 Å². The molecule has 6 nitrogen and oxygen atoms in total.